The molecule has 7 heteroatoms. The number of hydrogen-bond donors (Lipinski definition) is 4. The summed E-state index contributed by atoms with van der Waals surface area (Å²) < 4.78 is 0. The molecule has 0 amide bonds. The zero-order valence-corrected chi connectivity index (χ0v) is 20.6. The molecule has 0 heterocycles. The van der Waals surface area contributed by atoms with Gasteiger partial charge in [-0.2, -0.15) is 5.10 Å². The number of nitrogens with one attached hydrogen (secondary N) is 1. The van der Waals surface area contributed by atoms with E-state index in [0.29, 0.717) is 30.3 Å². The Morgan fingerprint density at radius 3 is 2.62 bits per heavy atom. The Hall–Kier alpha value is -1.18. The van der Waals surface area contributed by atoms with Gasteiger partial charge in [-0.3, -0.25) is 4.99 Å². The fourth-order valence-corrected chi connectivity index (χ4v) is 8.08. The number of aliphatic hydroxyl groups excluding tert-OH is 1. The van der Waals surface area contributed by atoms with Gasteiger partial charge < -0.3 is 20.8 Å². The molecule has 0 unspecified atom stereocenters. The fourth-order valence-electron chi connectivity index (χ4n) is 8.08. The van der Waals surface area contributed by atoms with Crippen LogP contribution in [0.4, 0.5) is 0 Å². The van der Waals surface area contributed by atoms with Gasteiger partial charge in [0.25, 0.3) is 0 Å². The largest absolute Gasteiger partial charge is 0.393 e. The Morgan fingerprint density at radius 1 is 1.09 bits per heavy atom. The van der Waals surface area contributed by atoms with E-state index in [-0.39, 0.29) is 22.9 Å². The summed E-state index contributed by atoms with van der Waals surface area (Å²) in [4.78, 5) is 6.38. The van der Waals surface area contributed by atoms with Gasteiger partial charge in [0.15, 0.2) is 0 Å². The molecule has 4 aliphatic carbocycles. The lowest BCUT2D eigenvalue weighted by Gasteiger charge is -2.63. The maximum absolute atomic E-state index is 12.2. The summed E-state index contributed by atoms with van der Waals surface area (Å²) >= 11 is 0. The highest BCUT2D eigenvalue weighted by Gasteiger charge is 2.66. The summed E-state index contributed by atoms with van der Waals surface area (Å²) in [7, 11) is 4.02. The van der Waals surface area contributed by atoms with Crippen LogP contribution in [0.25, 0.3) is 0 Å². The van der Waals surface area contributed by atoms with Gasteiger partial charge in [0.05, 0.1) is 18.2 Å². The molecule has 4 saturated carbocycles. The molecular formula is C25H45N5O2. The highest BCUT2D eigenvalue weighted by atomic mass is 16.3. The molecule has 0 aliphatic heterocycles. The minimum absolute atomic E-state index is 0.125. The number of fused-ring (bicyclic) bond motifs is 5. The molecule has 0 bridgehead atoms. The van der Waals surface area contributed by atoms with Gasteiger partial charge in [0.2, 0.25) is 5.96 Å². The normalized spacial score (nSPS) is 46.7. The number of aliphatic hydroxyl groups is 2. The van der Waals surface area contributed by atoms with Crippen molar-refractivity contribution in [2.75, 3.05) is 27.2 Å². The van der Waals surface area contributed by atoms with Crippen LogP contribution in [-0.2, 0) is 0 Å². The molecule has 0 radical (unpaired) electrons. The lowest BCUT2D eigenvalue weighted by Crippen LogP contribution is -2.62. The van der Waals surface area contributed by atoms with Crippen LogP contribution in [0.1, 0.15) is 71.6 Å². The lowest BCUT2D eigenvalue weighted by molar-refractivity contribution is -0.206. The summed E-state index contributed by atoms with van der Waals surface area (Å²) in [5, 5.41) is 26.9. The van der Waals surface area contributed by atoms with Crippen LogP contribution in [-0.4, -0.2) is 66.2 Å². The zero-order chi connectivity index (χ0) is 23.1. The second kappa shape index (κ2) is 8.88. The average Bonchev–Trinajstić information content (AvgIpc) is 2.99. The number of hydrazone groups is 1. The quantitative estimate of drug-likeness (QED) is 0.294. The van der Waals surface area contributed by atoms with E-state index < -0.39 is 5.60 Å². The Labute approximate surface area is 193 Å². The molecule has 0 aromatic rings. The maximum Gasteiger partial charge on any atom is 0.209 e. The second-order valence-electron chi connectivity index (χ2n) is 11.9. The van der Waals surface area contributed by atoms with Crippen molar-refractivity contribution in [3.63, 3.8) is 0 Å². The van der Waals surface area contributed by atoms with Crippen LogP contribution in [0, 0.1) is 34.5 Å². The Morgan fingerprint density at radius 2 is 1.88 bits per heavy atom. The van der Waals surface area contributed by atoms with Crippen molar-refractivity contribution in [2.24, 2.45) is 50.3 Å². The molecule has 7 nitrogen and oxygen atoms in total. The van der Waals surface area contributed by atoms with Gasteiger partial charge in [-0.05, 0) is 95.1 Å². The SMILES string of the molecule is CN(C)CCN=C(N)N/N=C\[C@H]1CC[C@]2(O)[C@@H]3CC[C@@H]4C[C@@H](O)CC[C@]4(C)[C@H]3CC[C@]12C. The fraction of sp³-hybridized carbons (Fsp3) is 0.920. The Kier molecular flexibility index (Phi) is 6.65. The number of rotatable bonds is 5. The summed E-state index contributed by atoms with van der Waals surface area (Å²) in [5.41, 5.74) is 8.33. The number of guanidine groups is 1. The first-order valence-corrected chi connectivity index (χ1v) is 12.7. The van der Waals surface area contributed by atoms with Crippen molar-refractivity contribution < 1.29 is 10.2 Å². The van der Waals surface area contributed by atoms with Gasteiger partial charge in [0, 0.05) is 24.1 Å². The van der Waals surface area contributed by atoms with E-state index in [2.05, 4.69) is 34.3 Å². The van der Waals surface area contributed by atoms with Crippen molar-refractivity contribution in [2.45, 2.75) is 83.3 Å². The first-order valence-electron chi connectivity index (χ1n) is 12.7. The minimum atomic E-state index is -0.623. The molecule has 4 fully saturated rings. The monoisotopic (exact) mass is 447 g/mol. The van der Waals surface area contributed by atoms with Gasteiger partial charge in [-0.25, -0.2) is 5.43 Å². The van der Waals surface area contributed by atoms with Crippen LogP contribution in [0.15, 0.2) is 10.1 Å². The van der Waals surface area contributed by atoms with Crippen LogP contribution in [0.2, 0.25) is 0 Å². The van der Waals surface area contributed by atoms with E-state index in [1.54, 1.807) is 0 Å². The predicted molar refractivity (Wildman–Crippen MR) is 129 cm³/mol. The van der Waals surface area contributed by atoms with Crippen LogP contribution in [0.5, 0.6) is 0 Å². The van der Waals surface area contributed by atoms with E-state index in [4.69, 9.17) is 5.73 Å². The average molecular weight is 448 g/mol. The molecule has 0 aromatic heterocycles. The van der Waals surface area contributed by atoms with E-state index in [0.717, 1.165) is 57.9 Å². The lowest BCUT2D eigenvalue weighted by atomic mass is 9.43. The van der Waals surface area contributed by atoms with Crippen LogP contribution < -0.4 is 11.2 Å². The molecule has 5 N–H and O–H groups in total. The van der Waals surface area contributed by atoms with Gasteiger partial charge in [-0.15, -0.1) is 0 Å². The van der Waals surface area contributed by atoms with Crippen molar-refractivity contribution in [1.29, 1.82) is 0 Å². The number of likely N-dealkylation sites (N-methyl/N-ethyl adjacent to an activating group) is 1. The van der Waals surface area contributed by atoms with E-state index in [9.17, 15) is 10.2 Å². The summed E-state index contributed by atoms with van der Waals surface area (Å²) in [5.74, 6) is 2.13. The minimum Gasteiger partial charge on any atom is -0.393 e. The van der Waals surface area contributed by atoms with Crippen LogP contribution in [0.3, 0.4) is 0 Å². The van der Waals surface area contributed by atoms with Crippen molar-refractivity contribution in [1.82, 2.24) is 10.3 Å². The summed E-state index contributed by atoms with van der Waals surface area (Å²) in [6.07, 6.45) is 11.1. The van der Waals surface area contributed by atoms with E-state index in [1.165, 1.54) is 6.42 Å². The molecule has 8 atom stereocenters. The van der Waals surface area contributed by atoms with Crippen LogP contribution >= 0.6 is 0 Å². The zero-order valence-electron chi connectivity index (χ0n) is 20.6. The van der Waals surface area contributed by atoms with E-state index in [1.807, 2.05) is 20.3 Å². The molecule has 4 aliphatic rings. The third kappa shape index (κ3) is 3.98. The summed E-state index contributed by atoms with van der Waals surface area (Å²) in [6.45, 7) is 6.24. The molecule has 4 rings (SSSR count). The molecule has 0 spiro atoms. The first-order chi connectivity index (χ1) is 15.1. The second-order valence-corrected chi connectivity index (χ2v) is 11.9. The Balaban J connectivity index is 1.44. The number of nitrogens with zero attached hydrogens (tertiary/aromatic N) is 3. The molecule has 0 aromatic carbocycles. The first kappa shape index (κ1) is 24.0. The van der Waals surface area contributed by atoms with Crippen molar-refractivity contribution in [3.8, 4) is 0 Å². The Bertz CT molecular complexity index is 742. The standard InChI is InChI=1S/C25H45N5O2/c1-23-10-8-19(31)15-17(23)5-6-21-20(23)9-11-24(2)18(7-12-25(21,24)32)16-28-29-22(26)27-13-14-30(3)4/h16-21,31-32H,5-15H2,1-4H3,(H3,26,27,29)/b28-16-/t17-,18-,19+,20+,21-,23+,24-,25+/m1/s1. The van der Waals surface area contributed by atoms with E-state index >= 15 is 0 Å². The molecule has 182 valence electrons. The number of hydrogen-bond acceptors (Lipinski definition) is 5. The number of aliphatic imine (C=N–C) groups is 1. The third-order valence-corrected chi connectivity index (χ3v) is 10.2. The van der Waals surface area contributed by atoms with Crippen molar-refractivity contribution in [3.05, 3.63) is 0 Å². The van der Waals surface area contributed by atoms with Gasteiger partial charge in [-0.1, -0.05) is 13.8 Å². The van der Waals surface area contributed by atoms with Crippen molar-refractivity contribution >= 4 is 12.2 Å². The topological polar surface area (TPSA) is 106 Å². The van der Waals surface area contributed by atoms with Gasteiger partial charge in [0.1, 0.15) is 0 Å². The smallest absolute Gasteiger partial charge is 0.209 e. The molecule has 32 heavy (non-hydrogen) atoms. The summed E-state index contributed by atoms with van der Waals surface area (Å²) in [6, 6.07) is 0. The highest BCUT2D eigenvalue weighted by molar-refractivity contribution is 5.78. The highest BCUT2D eigenvalue weighted by Crippen LogP contribution is 2.68. The molecular weight excluding hydrogens is 402 g/mol. The molecule has 0 saturated heterocycles. The predicted octanol–water partition coefficient (Wildman–Crippen LogP) is 2.57. The number of nitrogens with two attached hydrogens (primary N) is 1. The van der Waals surface area contributed by atoms with Gasteiger partial charge >= 0.3 is 0 Å². The third-order valence-electron chi connectivity index (χ3n) is 10.2. The maximum atomic E-state index is 12.2.